The highest BCUT2D eigenvalue weighted by molar-refractivity contribution is 5.75. The van der Waals surface area contributed by atoms with Gasteiger partial charge in [0.2, 0.25) is 5.91 Å². The maximum atomic E-state index is 10.7. The molecular weight excluding hydrogens is 202 g/mol. The molecule has 2 N–H and O–H groups in total. The number of fused-ring (bicyclic) bond motifs is 1. The molecule has 0 aliphatic carbocycles. The fourth-order valence-electron chi connectivity index (χ4n) is 1.30. The average Bonchev–Trinajstić information content (AvgIpc) is 2.71. The van der Waals surface area contributed by atoms with E-state index in [9.17, 15) is 4.79 Å². The number of carbonyl (C=O) groups is 1. The molecular formula is C12H17N3O. The van der Waals surface area contributed by atoms with Gasteiger partial charge in [-0.2, -0.15) is 0 Å². The molecule has 16 heavy (non-hydrogen) atoms. The molecule has 0 saturated heterocycles. The molecule has 1 aromatic carbocycles. The van der Waals surface area contributed by atoms with Gasteiger partial charge in [-0.15, -0.1) is 0 Å². The van der Waals surface area contributed by atoms with Gasteiger partial charge in [-0.25, -0.2) is 4.98 Å². The lowest BCUT2D eigenvalue weighted by molar-refractivity contribution is -0.119. The standard InChI is InChI=1S/C10H11N3O.C2H6/c1-7(14)11-6-10-12-8-4-2-3-5-9(8)13-10;1-2/h2-5H,6H2,1H3,(H,11,14)(H,12,13);1-2H3. The Kier molecular flexibility index (Phi) is 4.51. The molecule has 2 rings (SSSR count). The maximum absolute atomic E-state index is 10.7. The number of nitrogens with one attached hydrogen (secondary N) is 2. The van der Waals surface area contributed by atoms with E-state index in [4.69, 9.17) is 0 Å². The van der Waals surface area contributed by atoms with E-state index in [0.717, 1.165) is 16.9 Å². The van der Waals surface area contributed by atoms with Crippen molar-refractivity contribution in [2.24, 2.45) is 0 Å². The van der Waals surface area contributed by atoms with Crippen molar-refractivity contribution in [3.05, 3.63) is 30.1 Å². The number of H-pyrrole nitrogens is 1. The third kappa shape index (κ3) is 3.08. The fraction of sp³-hybridized carbons (Fsp3) is 0.333. The molecule has 1 aromatic heterocycles. The Morgan fingerprint density at radius 3 is 2.69 bits per heavy atom. The van der Waals surface area contributed by atoms with Crippen LogP contribution in [0.25, 0.3) is 11.0 Å². The molecule has 0 aliphatic rings. The number of imidazole rings is 1. The highest BCUT2D eigenvalue weighted by Crippen LogP contribution is 2.09. The van der Waals surface area contributed by atoms with E-state index in [-0.39, 0.29) is 5.91 Å². The van der Waals surface area contributed by atoms with Crippen LogP contribution in [0.1, 0.15) is 26.6 Å². The lowest BCUT2D eigenvalue weighted by Gasteiger charge is -1.95. The minimum atomic E-state index is -0.0505. The highest BCUT2D eigenvalue weighted by atomic mass is 16.1. The zero-order valence-electron chi connectivity index (χ0n) is 9.87. The zero-order chi connectivity index (χ0) is 12.0. The lowest BCUT2D eigenvalue weighted by Crippen LogP contribution is -2.19. The first kappa shape index (κ1) is 12.2. The minimum absolute atomic E-state index is 0.0505. The average molecular weight is 219 g/mol. The molecule has 0 atom stereocenters. The van der Waals surface area contributed by atoms with E-state index < -0.39 is 0 Å². The summed E-state index contributed by atoms with van der Waals surface area (Å²) in [6, 6.07) is 7.77. The SMILES string of the molecule is CC.CC(=O)NCc1nc2ccccc2[nH]1. The summed E-state index contributed by atoms with van der Waals surface area (Å²) in [5.41, 5.74) is 1.92. The second-order valence-corrected chi connectivity index (χ2v) is 3.11. The predicted octanol–water partition coefficient (Wildman–Crippen LogP) is 2.23. The second-order valence-electron chi connectivity index (χ2n) is 3.11. The van der Waals surface area contributed by atoms with Gasteiger partial charge < -0.3 is 10.3 Å². The van der Waals surface area contributed by atoms with Crippen molar-refractivity contribution in [1.82, 2.24) is 15.3 Å². The Morgan fingerprint density at radius 1 is 1.38 bits per heavy atom. The molecule has 0 radical (unpaired) electrons. The van der Waals surface area contributed by atoms with Crippen LogP contribution >= 0.6 is 0 Å². The number of benzene rings is 1. The van der Waals surface area contributed by atoms with Crippen molar-refractivity contribution < 1.29 is 4.79 Å². The molecule has 4 heteroatoms. The molecule has 1 heterocycles. The van der Waals surface area contributed by atoms with Gasteiger partial charge in [-0.1, -0.05) is 26.0 Å². The smallest absolute Gasteiger partial charge is 0.217 e. The van der Waals surface area contributed by atoms with Crippen LogP contribution in [0.5, 0.6) is 0 Å². The van der Waals surface area contributed by atoms with Gasteiger partial charge in [0.25, 0.3) is 0 Å². The van der Waals surface area contributed by atoms with Crippen LogP contribution < -0.4 is 5.32 Å². The summed E-state index contributed by atoms with van der Waals surface area (Å²) in [4.78, 5) is 18.1. The first-order chi connectivity index (χ1) is 7.75. The van der Waals surface area contributed by atoms with Gasteiger partial charge >= 0.3 is 0 Å². The van der Waals surface area contributed by atoms with Crippen molar-refractivity contribution >= 4 is 16.9 Å². The minimum Gasteiger partial charge on any atom is -0.349 e. The molecule has 86 valence electrons. The molecule has 0 saturated carbocycles. The van der Waals surface area contributed by atoms with Crippen molar-refractivity contribution in [2.45, 2.75) is 27.3 Å². The Morgan fingerprint density at radius 2 is 2.06 bits per heavy atom. The fourth-order valence-corrected chi connectivity index (χ4v) is 1.30. The summed E-state index contributed by atoms with van der Waals surface area (Å²) in [6.45, 7) is 5.94. The van der Waals surface area contributed by atoms with E-state index in [1.54, 1.807) is 0 Å². The summed E-state index contributed by atoms with van der Waals surface area (Å²) in [7, 11) is 0. The van der Waals surface area contributed by atoms with E-state index in [1.807, 2.05) is 38.1 Å². The summed E-state index contributed by atoms with van der Waals surface area (Å²) in [6.07, 6.45) is 0. The molecule has 0 fully saturated rings. The van der Waals surface area contributed by atoms with Gasteiger partial charge in [0, 0.05) is 6.92 Å². The first-order valence-electron chi connectivity index (χ1n) is 5.44. The van der Waals surface area contributed by atoms with Gasteiger partial charge in [0.05, 0.1) is 17.6 Å². The Balaban J connectivity index is 0.000000606. The van der Waals surface area contributed by atoms with Crippen molar-refractivity contribution in [3.8, 4) is 0 Å². The van der Waals surface area contributed by atoms with Gasteiger partial charge in [-0.05, 0) is 12.1 Å². The number of amides is 1. The largest absolute Gasteiger partial charge is 0.349 e. The third-order valence-corrected chi connectivity index (χ3v) is 1.94. The molecule has 4 nitrogen and oxygen atoms in total. The number of carbonyl (C=O) groups excluding carboxylic acids is 1. The summed E-state index contributed by atoms with van der Waals surface area (Å²) >= 11 is 0. The van der Waals surface area contributed by atoms with Crippen molar-refractivity contribution in [1.29, 1.82) is 0 Å². The number of aromatic amines is 1. The van der Waals surface area contributed by atoms with E-state index in [1.165, 1.54) is 6.92 Å². The van der Waals surface area contributed by atoms with Crippen molar-refractivity contribution in [3.63, 3.8) is 0 Å². The number of nitrogens with zero attached hydrogens (tertiary/aromatic N) is 1. The molecule has 2 aromatic rings. The number of para-hydroxylation sites is 2. The van der Waals surface area contributed by atoms with E-state index >= 15 is 0 Å². The quantitative estimate of drug-likeness (QED) is 0.813. The second kappa shape index (κ2) is 5.90. The van der Waals surface area contributed by atoms with Gasteiger partial charge in [-0.3, -0.25) is 4.79 Å². The van der Waals surface area contributed by atoms with Crippen LogP contribution in [0, 0.1) is 0 Å². The Labute approximate surface area is 95.1 Å². The van der Waals surface area contributed by atoms with Crippen LogP contribution in [0.3, 0.4) is 0 Å². The van der Waals surface area contributed by atoms with E-state index in [0.29, 0.717) is 6.54 Å². The molecule has 0 aliphatic heterocycles. The van der Waals surface area contributed by atoms with Crippen molar-refractivity contribution in [2.75, 3.05) is 0 Å². The van der Waals surface area contributed by atoms with Crippen LogP contribution in [0.15, 0.2) is 24.3 Å². The highest BCUT2D eigenvalue weighted by Gasteiger charge is 2.01. The summed E-state index contributed by atoms with van der Waals surface area (Å²) in [5.74, 6) is 0.729. The predicted molar refractivity (Wildman–Crippen MR) is 65.0 cm³/mol. The van der Waals surface area contributed by atoms with Gasteiger partial charge in [0.15, 0.2) is 0 Å². The van der Waals surface area contributed by atoms with E-state index in [2.05, 4.69) is 15.3 Å². The topological polar surface area (TPSA) is 57.8 Å². The number of hydrogen-bond donors (Lipinski definition) is 2. The molecule has 0 spiro atoms. The van der Waals surface area contributed by atoms with Crippen LogP contribution in [0.4, 0.5) is 0 Å². The number of aromatic nitrogens is 2. The molecule has 1 amide bonds. The zero-order valence-corrected chi connectivity index (χ0v) is 9.87. The third-order valence-electron chi connectivity index (χ3n) is 1.94. The lowest BCUT2D eigenvalue weighted by atomic mass is 10.3. The first-order valence-corrected chi connectivity index (χ1v) is 5.44. The normalized spacial score (nSPS) is 9.44. The van der Waals surface area contributed by atoms with Crippen LogP contribution in [-0.4, -0.2) is 15.9 Å². The maximum Gasteiger partial charge on any atom is 0.217 e. The Hall–Kier alpha value is -1.84. The summed E-state index contributed by atoms with van der Waals surface area (Å²) < 4.78 is 0. The molecule has 0 unspecified atom stereocenters. The number of hydrogen-bond acceptors (Lipinski definition) is 2. The van der Waals surface area contributed by atoms with Crippen LogP contribution in [0.2, 0.25) is 0 Å². The monoisotopic (exact) mass is 219 g/mol. The van der Waals surface area contributed by atoms with Crippen LogP contribution in [-0.2, 0) is 11.3 Å². The molecule has 0 bridgehead atoms. The Bertz CT molecular complexity index is 429. The number of rotatable bonds is 2. The summed E-state index contributed by atoms with van der Waals surface area (Å²) in [5, 5.41) is 2.69. The van der Waals surface area contributed by atoms with Gasteiger partial charge in [0.1, 0.15) is 5.82 Å².